The van der Waals surface area contributed by atoms with Crippen molar-refractivity contribution in [2.75, 3.05) is 7.11 Å². The minimum atomic E-state index is -0.634. The van der Waals surface area contributed by atoms with Gasteiger partial charge in [-0.3, -0.25) is 4.79 Å². The van der Waals surface area contributed by atoms with Crippen LogP contribution in [0.1, 0.15) is 20.8 Å². The minimum absolute atomic E-state index is 0.0370. The van der Waals surface area contributed by atoms with Crippen molar-refractivity contribution < 1.29 is 19.1 Å². The summed E-state index contributed by atoms with van der Waals surface area (Å²) in [7, 11) is 1.23. The predicted octanol–water partition coefficient (Wildman–Crippen LogP) is 1.02. The smallest absolute Gasteiger partial charge is 0.374 e. The van der Waals surface area contributed by atoms with Gasteiger partial charge in [-0.1, -0.05) is 0 Å². The maximum Gasteiger partial charge on any atom is 0.374 e. The molecule has 0 aromatic heterocycles. The Hall–Kier alpha value is -1.32. The highest BCUT2D eigenvalue weighted by atomic mass is 16.6. The average Bonchev–Trinajstić information content (AvgIpc) is 1.98. The predicted molar refractivity (Wildman–Crippen MR) is 42.2 cm³/mol. The molecule has 0 saturated heterocycles. The number of hydrogen-bond acceptors (Lipinski definition) is 4. The van der Waals surface area contributed by atoms with Gasteiger partial charge in [0.05, 0.1) is 7.11 Å². The van der Waals surface area contributed by atoms with Crippen LogP contribution >= 0.6 is 0 Å². The van der Waals surface area contributed by atoms with Crippen molar-refractivity contribution in [1.29, 1.82) is 0 Å². The van der Waals surface area contributed by atoms with Gasteiger partial charge in [0.2, 0.25) is 5.76 Å². The van der Waals surface area contributed by atoms with Crippen LogP contribution in [-0.2, 0) is 19.1 Å². The summed E-state index contributed by atoms with van der Waals surface area (Å²) in [6.07, 6.45) is 0. The monoisotopic (exact) mass is 172 g/mol. The summed E-state index contributed by atoms with van der Waals surface area (Å²) < 4.78 is 9.03. The Balaban J connectivity index is 4.58. The molecule has 0 aliphatic rings. The fraction of sp³-hybridized carbons (Fsp3) is 0.500. The van der Waals surface area contributed by atoms with Crippen LogP contribution in [0.15, 0.2) is 11.3 Å². The normalized spacial score (nSPS) is 8.67. The fourth-order valence-electron chi connectivity index (χ4n) is 0.584. The van der Waals surface area contributed by atoms with Crippen molar-refractivity contribution in [2.45, 2.75) is 20.8 Å². The lowest BCUT2D eigenvalue weighted by molar-refractivity contribution is -0.148. The summed E-state index contributed by atoms with van der Waals surface area (Å²) in [6, 6.07) is 0. The van der Waals surface area contributed by atoms with Gasteiger partial charge in [-0.05, 0) is 19.4 Å². The first-order valence-electron chi connectivity index (χ1n) is 3.43. The molecule has 0 fully saturated rings. The van der Waals surface area contributed by atoms with Gasteiger partial charge in [-0.15, -0.1) is 0 Å². The van der Waals surface area contributed by atoms with E-state index in [0.717, 1.165) is 0 Å². The maximum atomic E-state index is 10.9. The molecule has 0 atom stereocenters. The molecule has 4 heteroatoms. The lowest BCUT2D eigenvalue weighted by Gasteiger charge is -2.05. The van der Waals surface area contributed by atoms with E-state index in [0.29, 0.717) is 5.57 Å². The van der Waals surface area contributed by atoms with E-state index in [1.54, 1.807) is 13.8 Å². The topological polar surface area (TPSA) is 52.6 Å². The largest absolute Gasteiger partial charge is 0.463 e. The first kappa shape index (κ1) is 10.7. The summed E-state index contributed by atoms with van der Waals surface area (Å²) in [5.74, 6) is -1.20. The van der Waals surface area contributed by atoms with Crippen LogP contribution in [-0.4, -0.2) is 19.0 Å². The third kappa shape index (κ3) is 3.18. The highest BCUT2D eigenvalue weighted by molar-refractivity contribution is 5.89. The number of rotatable bonds is 2. The first-order chi connectivity index (χ1) is 5.49. The molecular formula is C8H12O4. The van der Waals surface area contributed by atoms with Crippen LogP contribution in [0.25, 0.3) is 0 Å². The van der Waals surface area contributed by atoms with Crippen molar-refractivity contribution >= 4 is 11.9 Å². The molecule has 0 spiro atoms. The van der Waals surface area contributed by atoms with E-state index < -0.39 is 11.9 Å². The van der Waals surface area contributed by atoms with Crippen LogP contribution in [0.3, 0.4) is 0 Å². The zero-order chi connectivity index (χ0) is 9.72. The number of hydrogen-bond donors (Lipinski definition) is 0. The highest BCUT2D eigenvalue weighted by Crippen LogP contribution is 2.07. The van der Waals surface area contributed by atoms with Crippen LogP contribution in [0, 0.1) is 0 Å². The molecule has 0 aromatic carbocycles. The third-order valence-corrected chi connectivity index (χ3v) is 1.07. The summed E-state index contributed by atoms with van der Waals surface area (Å²) in [4.78, 5) is 21.4. The summed E-state index contributed by atoms with van der Waals surface area (Å²) >= 11 is 0. The van der Waals surface area contributed by atoms with Gasteiger partial charge in [0.15, 0.2) is 0 Å². The van der Waals surface area contributed by atoms with E-state index in [4.69, 9.17) is 0 Å². The van der Waals surface area contributed by atoms with Gasteiger partial charge in [-0.25, -0.2) is 4.79 Å². The minimum Gasteiger partial charge on any atom is -0.463 e. The van der Waals surface area contributed by atoms with Crippen LogP contribution in [0.2, 0.25) is 0 Å². The molecule has 12 heavy (non-hydrogen) atoms. The molecule has 0 rings (SSSR count). The van der Waals surface area contributed by atoms with E-state index in [-0.39, 0.29) is 5.76 Å². The van der Waals surface area contributed by atoms with Gasteiger partial charge in [0.25, 0.3) is 0 Å². The lowest BCUT2D eigenvalue weighted by atomic mass is 10.3. The molecule has 0 radical (unpaired) electrons. The first-order valence-corrected chi connectivity index (χ1v) is 3.43. The van der Waals surface area contributed by atoms with Crippen molar-refractivity contribution in [3.63, 3.8) is 0 Å². The van der Waals surface area contributed by atoms with Crippen molar-refractivity contribution in [2.24, 2.45) is 0 Å². The van der Waals surface area contributed by atoms with Crippen molar-refractivity contribution in [3.8, 4) is 0 Å². The van der Waals surface area contributed by atoms with Crippen LogP contribution in [0.4, 0.5) is 0 Å². The van der Waals surface area contributed by atoms with E-state index in [9.17, 15) is 9.59 Å². The molecule has 0 N–H and O–H groups in total. The highest BCUT2D eigenvalue weighted by Gasteiger charge is 2.14. The zero-order valence-electron chi connectivity index (χ0n) is 7.63. The van der Waals surface area contributed by atoms with Gasteiger partial charge in [0, 0.05) is 6.92 Å². The second-order valence-electron chi connectivity index (χ2n) is 2.41. The number of carbonyl (C=O) groups excluding carboxylic acids is 2. The number of esters is 2. The summed E-state index contributed by atoms with van der Waals surface area (Å²) in [5.41, 5.74) is 0.608. The lowest BCUT2D eigenvalue weighted by Crippen LogP contribution is -2.12. The van der Waals surface area contributed by atoms with E-state index in [2.05, 4.69) is 9.47 Å². The standard InChI is InChI=1S/C8H12O4/c1-5(2)7(8(10)11-4)12-6(3)9/h1-4H3. The summed E-state index contributed by atoms with van der Waals surface area (Å²) in [6.45, 7) is 4.55. The van der Waals surface area contributed by atoms with Crippen LogP contribution in [0.5, 0.6) is 0 Å². The van der Waals surface area contributed by atoms with E-state index in [1.807, 2.05) is 0 Å². The molecule has 0 aromatic rings. The molecule has 4 nitrogen and oxygen atoms in total. The Kier molecular flexibility index (Phi) is 4.04. The molecule has 68 valence electrons. The Bertz CT molecular complexity index is 223. The van der Waals surface area contributed by atoms with Gasteiger partial charge >= 0.3 is 11.9 Å². The number of carbonyl (C=O) groups is 2. The van der Waals surface area contributed by atoms with Gasteiger partial charge in [0.1, 0.15) is 0 Å². The molecule has 0 heterocycles. The molecule has 0 unspecified atom stereocenters. The molecule has 0 bridgehead atoms. The number of ether oxygens (including phenoxy) is 2. The summed E-state index contributed by atoms with van der Waals surface area (Å²) in [5, 5.41) is 0. The number of methoxy groups -OCH3 is 1. The second kappa shape index (κ2) is 4.54. The van der Waals surface area contributed by atoms with Crippen molar-refractivity contribution in [1.82, 2.24) is 0 Å². The SMILES string of the molecule is COC(=O)C(OC(C)=O)=C(C)C. The maximum absolute atomic E-state index is 10.9. The average molecular weight is 172 g/mol. The van der Waals surface area contributed by atoms with Crippen molar-refractivity contribution in [3.05, 3.63) is 11.3 Å². The zero-order valence-corrected chi connectivity index (χ0v) is 7.63. The van der Waals surface area contributed by atoms with Gasteiger partial charge < -0.3 is 9.47 Å². The second-order valence-corrected chi connectivity index (χ2v) is 2.41. The van der Waals surface area contributed by atoms with E-state index in [1.165, 1.54) is 14.0 Å². The molecule has 0 aliphatic heterocycles. The molecule has 0 saturated carbocycles. The Labute approximate surface area is 71.2 Å². The number of allylic oxidation sites excluding steroid dienone is 1. The Morgan fingerprint density at radius 1 is 1.08 bits per heavy atom. The van der Waals surface area contributed by atoms with Crippen LogP contribution < -0.4 is 0 Å². The molecule has 0 aliphatic carbocycles. The Morgan fingerprint density at radius 2 is 1.58 bits per heavy atom. The van der Waals surface area contributed by atoms with E-state index >= 15 is 0 Å². The Morgan fingerprint density at radius 3 is 1.83 bits per heavy atom. The molecular weight excluding hydrogens is 160 g/mol. The molecule has 0 amide bonds. The third-order valence-electron chi connectivity index (χ3n) is 1.07. The van der Waals surface area contributed by atoms with Gasteiger partial charge in [-0.2, -0.15) is 0 Å². The quantitative estimate of drug-likeness (QED) is 0.354. The fourth-order valence-corrected chi connectivity index (χ4v) is 0.584.